The molecule has 3 rings (SSSR count). The van der Waals surface area contributed by atoms with Crippen LogP contribution in [0.2, 0.25) is 0 Å². The van der Waals surface area contributed by atoms with Crippen molar-refractivity contribution < 1.29 is 5.11 Å². The normalized spacial score (nSPS) is 16.2. The molecule has 0 spiro atoms. The highest BCUT2D eigenvalue weighted by atomic mass is 16.3. The van der Waals surface area contributed by atoms with Gasteiger partial charge in [0.1, 0.15) is 11.6 Å². The van der Waals surface area contributed by atoms with E-state index in [4.69, 9.17) is 4.99 Å². The minimum Gasteiger partial charge on any atom is -0.507 e. The van der Waals surface area contributed by atoms with Gasteiger partial charge in [-0.1, -0.05) is 36.4 Å². The van der Waals surface area contributed by atoms with Crippen molar-refractivity contribution in [3.05, 3.63) is 65.2 Å². The molecule has 0 atom stereocenters. The Morgan fingerprint density at radius 3 is 2.68 bits per heavy atom. The molecule has 0 radical (unpaired) electrons. The van der Waals surface area contributed by atoms with Crippen LogP contribution in [-0.4, -0.2) is 22.7 Å². The average molecular weight is 293 g/mol. The fraction of sp³-hybridized carbons (Fsp3) is 0.222. The van der Waals surface area contributed by atoms with Gasteiger partial charge in [-0.3, -0.25) is 10.4 Å². The third-order valence-corrected chi connectivity index (χ3v) is 3.62. The summed E-state index contributed by atoms with van der Waals surface area (Å²) in [5.41, 5.74) is 5.88. The van der Waals surface area contributed by atoms with Crippen molar-refractivity contribution in [3.63, 3.8) is 0 Å². The van der Waals surface area contributed by atoms with Crippen LogP contribution in [0.3, 0.4) is 0 Å². The zero-order chi connectivity index (χ0) is 15.6. The van der Waals surface area contributed by atoms with E-state index in [2.05, 4.69) is 30.4 Å². The van der Waals surface area contributed by atoms with Crippen LogP contribution in [0.25, 0.3) is 0 Å². The van der Waals surface area contributed by atoms with Gasteiger partial charge in [-0.05, 0) is 38.0 Å². The molecule has 0 fully saturated rings. The first-order valence-electron chi connectivity index (χ1n) is 7.30. The molecule has 4 heteroatoms. The van der Waals surface area contributed by atoms with Crippen LogP contribution in [0.1, 0.15) is 30.5 Å². The second kappa shape index (κ2) is 5.64. The van der Waals surface area contributed by atoms with E-state index in [0.29, 0.717) is 5.56 Å². The van der Waals surface area contributed by atoms with Crippen molar-refractivity contribution in [2.45, 2.75) is 25.8 Å². The number of rotatable bonds is 2. The summed E-state index contributed by atoms with van der Waals surface area (Å²) >= 11 is 0. The molecule has 2 aromatic rings. The van der Waals surface area contributed by atoms with Crippen molar-refractivity contribution in [1.82, 2.24) is 5.43 Å². The van der Waals surface area contributed by atoms with E-state index in [1.807, 2.05) is 24.3 Å². The van der Waals surface area contributed by atoms with Crippen LogP contribution in [-0.2, 0) is 6.42 Å². The van der Waals surface area contributed by atoms with Gasteiger partial charge in [0.15, 0.2) is 0 Å². The smallest absolute Gasteiger partial charge is 0.149 e. The Balaban J connectivity index is 1.85. The summed E-state index contributed by atoms with van der Waals surface area (Å²) in [7, 11) is 0. The molecule has 0 saturated heterocycles. The summed E-state index contributed by atoms with van der Waals surface area (Å²) in [5.74, 6) is 0.970. The van der Waals surface area contributed by atoms with E-state index < -0.39 is 0 Å². The summed E-state index contributed by atoms with van der Waals surface area (Å²) in [6.45, 7) is 4.22. The maximum Gasteiger partial charge on any atom is 0.149 e. The number of para-hydroxylation sites is 1. The highest BCUT2D eigenvalue weighted by molar-refractivity contribution is 6.01. The number of nitrogens with zero attached hydrogens (tertiary/aromatic N) is 2. The van der Waals surface area contributed by atoms with E-state index in [0.717, 1.165) is 17.8 Å². The van der Waals surface area contributed by atoms with Gasteiger partial charge >= 0.3 is 0 Å². The molecular formula is C18H19N3O. The van der Waals surface area contributed by atoms with Crippen molar-refractivity contribution in [2.75, 3.05) is 0 Å². The number of phenolic OH excluding ortho intramolecular Hbond substituents is 1. The zero-order valence-corrected chi connectivity index (χ0v) is 12.7. The second-order valence-electron chi connectivity index (χ2n) is 6.04. The van der Waals surface area contributed by atoms with Crippen LogP contribution in [0, 0.1) is 0 Å². The van der Waals surface area contributed by atoms with E-state index in [9.17, 15) is 5.11 Å². The van der Waals surface area contributed by atoms with Crippen LogP contribution < -0.4 is 5.43 Å². The Morgan fingerprint density at radius 1 is 1.14 bits per heavy atom. The number of hydrogen-bond acceptors (Lipinski definition) is 4. The molecule has 0 amide bonds. The topological polar surface area (TPSA) is 57.0 Å². The average Bonchev–Trinajstić information content (AvgIpc) is 2.48. The second-order valence-corrected chi connectivity index (χ2v) is 6.04. The molecular weight excluding hydrogens is 274 g/mol. The summed E-state index contributed by atoms with van der Waals surface area (Å²) in [6.07, 6.45) is 2.51. The monoisotopic (exact) mass is 293 g/mol. The van der Waals surface area contributed by atoms with Crippen molar-refractivity contribution in [2.24, 2.45) is 10.1 Å². The fourth-order valence-electron chi connectivity index (χ4n) is 2.62. The number of amidine groups is 1. The molecule has 1 aliphatic rings. The summed E-state index contributed by atoms with van der Waals surface area (Å²) in [5, 5.41) is 14.0. The Labute approximate surface area is 130 Å². The number of nitrogens with one attached hydrogen (secondary N) is 1. The first-order chi connectivity index (χ1) is 10.6. The third kappa shape index (κ3) is 3.01. The highest BCUT2D eigenvalue weighted by Gasteiger charge is 2.26. The van der Waals surface area contributed by atoms with E-state index in [1.165, 1.54) is 5.56 Å². The Hall–Kier alpha value is -2.62. The van der Waals surface area contributed by atoms with Gasteiger partial charge in [0, 0.05) is 11.1 Å². The van der Waals surface area contributed by atoms with Crippen molar-refractivity contribution in [1.29, 1.82) is 0 Å². The van der Waals surface area contributed by atoms with Crippen molar-refractivity contribution in [3.8, 4) is 5.75 Å². The first-order valence-corrected chi connectivity index (χ1v) is 7.30. The van der Waals surface area contributed by atoms with E-state index in [-0.39, 0.29) is 11.3 Å². The minimum atomic E-state index is -0.152. The quantitative estimate of drug-likeness (QED) is 0.660. The molecule has 2 aromatic carbocycles. The van der Waals surface area contributed by atoms with Gasteiger partial charge in [-0.15, -0.1) is 0 Å². The number of aromatic hydroxyl groups is 1. The number of hydrogen-bond donors (Lipinski definition) is 2. The molecule has 112 valence electrons. The molecule has 2 N–H and O–H groups in total. The van der Waals surface area contributed by atoms with E-state index >= 15 is 0 Å². The summed E-state index contributed by atoms with van der Waals surface area (Å²) in [6, 6.07) is 15.3. The molecule has 0 aliphatic carbocycles. The van der Waals surface area contributed by atoms with Gasteiger partial charge in [-0.2, -0.15) is 5.10 Å². The van der Waals surface area contributed by atoms with Gasteiger partial charge in [-0.25, -0.2) is 0 Å². The van der Waals surface area contributed by atoms with Gasteiger partial charge in [0.2, 0.25) is 0 Å². The third-order valence-electron chi connectivity index (χ3n) is 3.62. The van der Waals surface area contributed by atoms with Gasteiger partial charge in [0.25, 0.3) is 0 Å². The molecule has 4 nitrogen and oxygen atoms in total. The standard InChI is InChI=1S/C18H19N3O/c1-18(2)11-13-7-3-5-9-15(13)17(20-18)21-19-12-14-8-4-6-10-16(14)22/h3-10,12,22H,11H2,1-2H3,(H,20,21)/b19-12+. The number of hydrazone groups is 1. The lowest BCUT2D eigenvalue weighted by Crippen LogP contribution is -2.34. The maximum absolute atomic E-state index is 9.74. The van der Waals surface area contributed by atoms with E-state index in [1.54, 1.807) is 24.4 Å². The van der Waals surface area contributed by atoms with Crippen LogP contribution in [0.5, 0.6) is 5.75 Å². The summed E-state index contributed by atoms with van der Waals surface area (Å²) < 4.78 is 0. The molecule has 22 heavy (non-hydrogen) atoms. The zero-order valence-electron chi connectivity index (χ0n) is 12.7. The molecule has 0 saturated carbocycles. The molecule has 0 bridgehead atoms. The predicted molar refractivity (Wildman–Crippen MR) is 89.6 cm³/mol. The lowest BCUT2D eigenvalue weighted by molar-refractivity contribution is 0.474. The van der Waals surface area contributed by atoms with Crippen LogP contribution in [0.15, 0.2) is 58.6 Å². The van der Waals surface area contributed by atoms with Gasteiger partial charge < -0.3 is 5.11 Å². The van der Waals surface area contributed by atoms with Crippen molar-refractivity contribution >= 4 is 12.1 Å². The molecule has 0 unspecified atom stereocenters. The van der Waals surface area contributed by atoms with Gasteiger partial charge in [0.05, 0.1) is 11.8 Å². The number of phenols is 1. The largest absolute Gasteiger partial charge is 0.507 e. The first kappa shape index (κ1) is 14.3. The molecule has 0 aromatic heterocycles. The van der Waals surface area contributed by atoms with Crippen LogP contribution >= 0.6 is 0 Å². The Morgan fingerprint density at radius 2 is 1.86 bits per heavy atom. The number of fused-ring (bicyclic) bond motifs is 1. The number of aliphatic imine (C=N–C) groups is 1. The minimum absolute atomic E-state index is 0.152. The lowest BCUT2D eigenvalue weighted by atomic mass is 9.89. The number of benzene rings is 2. The lowest BCUT2D eigenvalue weighted by Gasteiger charge is -2.28. The molecule has 1 heterocycles. The molecule has 1 aliphatic heterocycles. The maximum atomic E-state index is 9.74. The Bertz CT molecular complexity index is 748. The Kier molecular flexibility index (Phi) is 3.67. The predicted octanol–water partition coefficient (Wildman–Crippen LogP) is 3.10. The van der Waals surface area contributed by atoms with Crippen LogP contribution in [0.4, 0.5) is 0 Å². The summed E-state index contributed by atoms with van der Waals surface area (Å²) in [4.78, 5) is 4.74. The highest BCUT2D eigenvalue weighted by Crippen LogP contribution is 2.25. The SMILES string of the molecule is CC1(C)Cc2ccccc2C(N/N=C/c2ccccc2O)=N1. The fourth-order valence-corrected chi connectivity index (χ4v) is 2.62.